The molecule has 1 aromatic carbocycles. The van der Waals surface area contributed by atoms with Crippen LogP contribution in [-0.2, 0) is 9.53 Å². The normalized spacial score (nSPS) is 23.4. The molecule has 1 aliphatic rings. The van der Waals surface area contributed by atoms with Crippen LogP contribution in [0.5, 0.6) is 0 Å². The molecule has 0 unspecified atom stereocenters. The summed E-state index contributed by atoms with van der Waals surface area (Å²) in [6.07, 6.45) is -5.31. The van der Waals surface area contributed by atoms with Crippen molar-refractivity contribution in [3.05, 3.63) is 35.4 Å². The largest absolute Gasteiger partial charge is 0.413 e. The third-order valence-electron chi connectivity index (χ3n) is 3.62. The molecule has 1 amide bonds. The Morgan fingerprint density at radius 3 is 2.36 bits per heavy atom. The number of nitrogens with one attached hydrogen (secondary N) is 1. The van der Waals surface area contributed by atoms with Gasteiger partial charge in [-0.25, -0.2) is 8.78 Å². The Morgan fingerprint density at radius 1 is 1.32 bits per heavy atom. The summed E-state index contributed by atoms with van der Waals surface area (Å²) >= 11 is 0. The maximum atomic E-state index is 13.6. The topological polar surface area (TPSA) is 38.3 Å². The first-order valence-corrected chi connectivity index (χ1v) is 6.64. The maximum Gasteiger partial charge on any atom is 0.413 e. The van der Waals surface area contributed by atoms with Gasteiger partial charge in [-0.15, -0.1) is 0 Å². The zero-order chi connectivity index (χ0) is 16.5. The van der Waals surface area contributed by atoms with E-state index in [0.717, 1.165) is 6.07 Å². The molecule has 1 fully saturated rings. The summed E-state index contributed by atoms with van der Waals surface area (Å²) in [6, 6.07) is -0.361. The van der Waals surface area contributed by atoms with Crippen molar-refractivity contribution in [1.82, 2.24) is 5.32 Å². The summed E-state index contributed by atoms with van der Waals surface area (Å²) in [4.78, 5) is 12.0. The number of rotatable bonds is 3. The Hall–Kier alpha value is -1.70. The van der Waals surface area contributed by atoms with Crippen LogP contribution in [0.25, 0.3) is 0 Å². The first-order chi connectivity index (χ1) is 10.2. The molecule has 0 aliphatic carbocycles. The van der Waals surface area contributed by atoms with E-state index < -0.39 is 47.3 Å². The van der Waals surface area contributed by atoms with Gasteiger partial charge in [0.1, 0.15) is 11.6 Å². The van der Waals surface area contributed by atoms with Crippen LogP contribution < -0.4 is 5.32 Å². The Bertz CT molecular complexity index is 540. The second-order valence-corrected chi connectivity index (χ2v) is 5.09. The van der Waals surface area contributed by atoms with Crippen LogP contribution in [0.3, 0.4) is 0 Å². The molecule has 1 N–H and O–H groups in total. The van der Waals surface area contributed by atoms with Gasteiger partial charge in [-0.1, -0.05) is 6.07 Å². The molecule has 0 spiro atoms. The third kappa shape index (κ3) is 3.37. The van der Waals surface area contributed by atoms with Gasteiger partial charge in [0.05, 0.1) is 17.6 Å². The van der Waals surface area contributed by atoms with Crippen LogP contribution in [0.15, 0.2) is 18.2 Å². The molecule has 2 rings (SSSR count). The summed E-state index contributed by atoms with van der Waals surface area (Å²) in [5.41, 5.74) is -1.21. The average molecular weight is 323 g/mol. The van der Waals surface area contributed by atoms with Crippen LogP contribution in [0, 0.1) is 17.6 Å². The fourth-order valence-corrected chi connectivity index (χ4v) is 2.43. The zero-order valence-electron chi connectivity index (χ0n) is 11.6. The molecule has 3 nitrogen and oxygen atoms in total. The summed E-state index contributed by atoms with van der Waals surface area (Å²) in [5.74, 6) is -4.44. The fourth-order valence-electron chi connectivity index (χ4n) is 2.43. The minimum Gasteiger partial charge on any atom is -0.378 e. The highest BCUT2D eigenvalue weighted by Crippen LogP contribution is 2.36. The molecule has 3 atom stereocenters. The first kappa shape index (κ1) is 16.7. The van der Waals surface area contributed by atoms with E-state index in [0.29, 0.717) is 12.1 Å². The summed E-state index contributed by atoms with van der Waals surface area (Å²) in [5, 5.41) is 1.70. The zero-order valence-corrected chi connectivity index (χ0v) is 11.6. The monoisotopic (exact) mass is 323 g/mol. The standard InChI is InChI=1S/C14H14F5NO2/c1-7-8(5-6-22-7)13(21)20-12(14(17,18)19)11-9(15)3-2-4-10(11)16/h2-4,7-8,12H,5-6H2,1H3,(H,20,21)/t7-,8+,12+/m0/s1. The van der Waals surface area contributed by atoms with Gasteiger partial charge in [-0.2, -0.15) is 13.2 Å². The molecular weight excluding hydrogens is 309 g/mol. The fraction of sp³-hybridized carbons (Fsp3) is 0.500. The maximum absolute atomic E-state index is 13.6. The average Bonchev–Trinajstić information content (AvgIpc) is 2.82. The van der Waals surface area contributed by atoms with Gasteiger partial charge in [0.2, 0.25) is 5.91 Å². The number of carbonyl (C=O) groups is 1. The quantitative estimate of drug-likeness (QED) is 0.868. The summed E-state index contributed by atoms with van der Waals surface area (Å²) in [7, 11) is 0. The van der Waals surface area contributed by atoms with Crippen LogP contribution in [0.4, 0.5) is 22.0 Å². The van der Waals surface area contributed by atoms with Crippen molar-refractivity contribution in [1.29, 1.82) is 0 Å². The van der Waals surface area contributed by atoms with Crippen molar-refractivity contribution in [2.24, 2.45) is 5.92 Å². The molecule has 122 valence electrons. The molecule has 0 aromatic heterocycles. The van der Waals surface area contributed by atoms with E-state index in [1.54, 1.807) is 12.2 Å². The van der Waals surface area contributed by atoms with Crippen molar-refractivity contribution in [2.45, 2.75) is 31.7 Å². The van der Waals surface area contributed by atoms with Crippen molar-refractivity contribution in [3.63, 3.8) is 0 Å². The van der Waals surface area contributed by atoms with E-state index in [2.05, 4.69) is 0 Å². The number of hydrogen-bond donors (Lipinski definition) is 1. The molecule has 0 saturated carbocycles. The van der Waals surface area contributed by atoms with Crippen LogP contribution in [0.1, 0.15) is 24.9 Å². The van der Waals surface area contributed by atoms with Gasteiger partial charge in [0, 0.05) is 6.61 Å². The highest BCUT2D eigenvalue weighted by atomic mass is 19.4. The van der Waals surface area contributed by atoms with E-state index >= 15 is 0 Å². The first-order valence-electron chi connectivity index (χ1n) is 6.64. The summed E-state index contributed by atoms with van der Waals surface area (Å²) in [6.45, 7) is 1.81. The van der Waals surface area contributed by atoms with Crippen molar-refractivity contribution < 1.29 is 31.5 Å². The highest BCUT2D eigenvalue weighted by molar-refractivity contribution is 5.80. The highest BCUT2D eigenvalue weighted by Gasteiger charge is 2.46. The lowest BCUT2D eigenvalue weighted by Gasteiger charge is -2.25. The van der Waals surface area contributed by atoms with Crippen molar-refractivity contribution >= 4 is 5.91 Å². The Labute approximate surface area is 123 Å². The molecular formula is C14H14F5NO2. The van der Waals surface area contributed by atoms with Gasteiger partial charge < -0.3 is 10.1 Å². The number of halogens is 5. The second-order valence-electron chi connectivity index (χ2n) is 5.09. The van der Waals surface area contributed by atoms with Gasteiger partial charge in [-0.3, -0.25) is 4.79 Å². The lowest BCUT2D eigenvalue weighted by Crippen LogP contribution is -2.43. The van der Waals surface area contributed by atoms with E-state index in [1.165, 1.54) is 0 Å². The smallest absolute Gasteiger partial charge is 0.378 e. The summed E-state index contributed by atoms with van der Waals surface area (Å²) < 4.78 is 71.7. The Balaban J connectivity index is 2.30. The number of benzene rings is 1. The SMILES string of the molecule is C[C@@H]1OCC[C@H]1C(=O)N[C@H](c1c(F)cccc1F)C(F)(F)F. The van der Waals surface area contributed by atoms with Crippen molar-refractivity contribution in [3.8, 4) is 0 Å². The van der Waals surface area contributed by atoms with Crippen molar-refractivity contribution in [2.75, 3.05) is 6.61 Å². The van der Waals surface area contributed by atoms with Gasteiger partial charge in [0.15, 0.2) is 6.04 Å². The lowest BCUT2D eigenvalue weighted by atomic mass is 9.99. The van der Waals surface area contributed by atoms with E-state index in [4.69, 9.17) is 4.74 Å². The van der Waals surface area contributed by atoms with Gasteiger partial charge in [-0.05, 0) is 25.5 Å². The second kappa shape index (κ2) is 6.20. The van der Waals surface area contributed by atoms with E-state index in [-0.39, 0.29) is 13.0 Å². The minimum absolute atomic E-state index is 0.254. The number of ether oxygens (including phenoxy) is 1. The minimum atomic E-state index is -5.03. The van der Waals surface area contributed by atoms with Gasteiger partial charge >= 0.3 is 6.18 Å². The molecule has 1 aromatic rings. The number of hydrogen-bond acceptors (Lipinski definition) is 2. The molecule has 0 bridgehead atoms. The van der Waals surface area contributed by atoms with Crippen LogP contribution in [-0.4, -0.2) is 24.8 Å². The Kier molecular flexibility index (Phi) is 4.69. The molecule has 1 aliphatic heterocycles. The van der Waals surface area contributed by atoms with Crippen LogP contribution >= 0.6 is 0 Å². The number of amides is 1. The number of carbonyl (C=O) groups excluding carboxylic acids is 1. The van der Waals surface area contributed by atoms with E-state index in [1.807, 2.05) is 0 Å². The van der Waals surface area contributed by atoms with Crippen LogP contribution in [0.2, 0.25) is 0 Å². The molecule has 22 heavy (non-hydrogen) atoms. The van der Waals surface area contributed by atoms with E-state index in [9.17, 15) is 26.7 Å². The molecule has 8 heteroatoms. The molecule has 1 heterocycles. The predicted molar refractivity (Wildman–Crippen MR) is 66.8 cm³/mol. The third-order valence-corrected chi connectivity index (χ3v) is 3.62. The molecule has 0 radical (unpaired) electrons. The number of alkyl halides is 3. The lowest BCUT2D eigenvalue weighted by molar-refractivity contribution is -0.166. The Morgan fingerprint density at radius 2 is 1.91 bits per heavy atom. The van der Waals surface area contributed by atoms with Gasteiger partial charge in [0.25, 0.3) is 0 Å². The predicted octanol–water partition coefficient (Wildman–Crippen LogP) is 3.11. The molecule has 1 saturated heterocycles.